The Morgan fingerprint density at radius 1 is 1.41 bits per heavy atom. The van der Waals surface area contributed by atoms with Crippen molar-refractivity contribution in [3.63, 3.8) is 0 Å². The first kappa shape index (κ1) is 11.6. The number of nitrogens with one attached hydrogen (secondary N) is 2. The summed E-state index contributed by atoms with van der Waals surface area (Å²) in [4.78, 5) is 15.5. The summed E-state index contributed by atoms with van der Waals surface area (Å²) in [7, 11) is 0. The van der Waals surface area contributed by atoms with Gasteiger partial charge in [-0.05, 0) is 11.6 Å². The molecule has 0 aliphatic carbocycles. The van der Waals surface area contributed by atoms with Gasteiger partial charge in [-0.15, -0.1) is 0 Å². The van der Waals surface area contributed by atoms with Crippen molar-refractivity contribution in [1.82, 2.24) is 20.5 Å². The fourth-order valence-electron chi connectivity index (χ4n) is 1.38. The van der Waals surface area contributed by atoms with Crippen LogP contribution in [0.15, 0.2) is 30.6 Å². The maximum atomic E-state index is 11.6. The highest BCUT2D eigenvalue weighted by molar-refractivity contribution is 6.31. The minimum absolute atomic E-state index is 0.102. The van der Waals surface area contributed by atoms with Gasteiger partial charge in [-0.1, -0.05) is 29.8 Å². The number of H-pyrrole nitrogens is 1. The third kappa shape index (κ3) is 3.29. The van der Waals surface area contributed by atoms with Crippen LogP contribution in [-0.4, -0.2) is 21.1 Å². The van der Waals surface area contributed by atoms with Crippen LogP contribution in [0.5, 0.6) is 0 Å². The van der Waals surface area contributed by atoms with Gasteiger partial charge >= 0.3 is 0 Å². The highest BCUT2D eigenvalue weighted by atomic mass is 35.5. The zero-order chi connectivity index (χ0) is 12.1. The number of aromatic amines is 1. The Hall–Kier alpha value is -1.88. The minimum Gasteiger partial charge on any atom is -0.349 e. The standard InChI is InChI=1S/C11H11ClN4O/c12-9-4-2-1-3-8(9)5-11(17)13-6-10-14-7-15-16-10/h1-4,7H,5-6H2,(H,13,17)(H,14,15,16). The topological polar surface area (TPSA) is 70.7 Å². The molecule has 0 aliphatic rings. The molecule has 1 aromatic heterocycles. The quantitative estimate of drug-likeness (QED) is 0.860. The number of rotatable bonds is 4. The van der Waals surface area contributed by atoms with E-state index in [0.717, 1.165) is 5.56 Å². The van der Waals surface area contributed by atoms with Crippen LogP contribution in [0.4, 0.5) is 0 Å². The number of carbonyl (C=O) groups excluding carboxylic acids is 1. The molecule has 0 unspecified atom stereocenters. The van der Waals surface area contributed by atoms with Gasteiger partial charge in [0.25, 0.3) is 0 Å². The number of hydrogen-bond acceptors (Lipinski definition) is 3. The first-order chi connectivity index (χ1) is 8.25. The Balaban J connectivity index is 1.87. The smallest absolute Gasteiger partial charge is 0.224 e. The summed E-state index contributed by atoms with van der Waals surface area (Å²) in [6.07, 6.45) is 1.66. The fraction of sp³-hybridized carbons (Fsp3) is 0.182. The molecule has 0 saturated heterocycles. The van der Waals surface area contributed by atoms with Crippen molar-refractivity contribution in [2.24, 2.45) is 0 Å². The third-order valence-corrected chi connectivity index (χ3v) is 2.60. The van der Waals surface area contributed by atoms with Crippen LogP contribution in [0, 0.1) is 0 Å². The maximum Gasteiger partial charge on any atom is 0.224 e. The molecule has 0 spiro atoms. The molecule has 0 aliphatic heterocycles. The van der Waals surface area contributed by atoms with Crippen molar-refractivity contribution in [2.75, 3.05) is 0 Å². The summed E-state index contributed by atoms with van der Waals surface area (Å²) in [5, 5.41) is 9.68. The Morgan fingerprint density at radius 3 is 2.94 bits per heavy atom. The van der Waals surface area contributed by atoms with E-state index >= 15 is 0 Å². The van der Waals surface area contributed by atoms with Gasteiger partial charge in [0.1, 0.15) is 12.2 Å². The number of aromatic nitrogens is 3. The second-order valence-corrected chi connectivity index (χ2v) is 3.88. The van der Waals surface area contributed by atoms with Gasteiger partial charge in [-0.3, -0.25) is 9.89 Å². The van der Waals surface area contributed by atoms with Gasteiger partial charge in [0.15, 0.2) is 0 Å². The molecule has 17 heavy (non-hydrogen) atoms. The Labute approximate surface area is 103 Å². The number of amides is 1. The molecule has 88 valence electrons. The van der Waals surface area contributed by atoms with E-state index in [-0.39, 0.29) is 12.3 Å². The van der Waals surface area contributed by atoms with Gasteiger partial charge < -0.3 is 5.32 Å². The molecule has 1 aromatic carbocycles. The van der Waals surface area contributed by atoms with Gasteiger partial charge in [-0.25, -0.2) is 4.98 Å². The Morgan fingerprint density at radius 2 is 2.24 bits per heavy atom. The minimum atomic E-state index is -0.102. The van der Waals surface area contributed by atoms with Crippen molar-refractivity contribution >= 4 is 17.5 Å². The normalized spacial score (nSPS) is 10.2. The van der Waals surface area contributed by atoms with Gasteiger partial charge in [0, 0.05) is 5.02 Å². The van der Waals surface area contributed by atoms with Crippen LogP contribution in [0.1, 0.15) is 11.4 Å². The predicted octanol–water partition coefficient (Wildman–Crippen LogP) is 1.32. The molecule has 2 aromatic rings. The maximum absolute atomic E-state index is 11.6. The molecular weight excluding hydrogens is 240 g/mol. The lowest BCUT2D eigenvalue weighted by atomic mass is 10.1. The van der Waals surface area contributed by atoms with Crippen LogP contribution in [0.2, 0.25) is 5.02 Å². The highest BCUT2D eigenvalue weighted by Gasteiger charge is 2.06. The van der Waals surface area contributed by atoms with Crippen LogP contribution in [0.25, 0.3) is 0 Å². The number of nitrogens with zero attached hydrogens (tertiary/aromatic N) is 2. The molecule has 0 fully saturated rings. The summed E-state index contributed by atoms with van der Waals surface area (Å²) in [6, 6.07) is 7.28. The average Bonchev–Trinajstić information content (AvgIpc) is 2.82. The molecule has 2 rings (SSSR count). The van der Waals surface area contributed by atoms with Gasteiger partial charge in [-0.2, -0.15) is 5.10 Å². The summed E-state index contributed by atoms with van der Waals surface area (Å²) >= 11 is 5.96. The molecule has 0 bridgehead atoms. The van der Waals surface area contributed by atoms with E-state index in [1.165, 1.54) is 6.33 Å². The fourth-order valence-corrected chi connectivity index (χ4v) is 1.58. The first-order valence-electron chi connectivity index (χ1n) is 5.10. The average molecular weight is 251 g/mol. The Kier molecular flexibility index (Phi) is 3.72. The molecule has 1 amide bonds. The van der Waals surface area contributed by atoms with E-state index in [2.05, 4.69) is 20.5 Å². The predicted molar refractivity (Wildman–Crippen MR) is 63.4 cm³/mol. The highest BCUT2D eigenvalue weighted by Crippen LogP contribution is 2.15. The molecule has 0 atom stereocenters. The zero-order valence-electron chi connectivity index (χ0n) is 8.98. The second-order valence-electron chi connectivity index (χ2n) is 3.48. The van der Waals surface area contributed by atoms with Crippen molar-refractivity contribution in [3.05, 3.63) is 47.0 Å². The zero-order valence-corrected chi connectivity index (χ0v) is 9.74. The summed E-state index contributed by atoms with van der Waals surface area (Å²) in [5.74, 6) is 0.520. The second kappa shape index (κ2) is 5.45. The lowest BCUT2D eigenvalue weighted by molar-refractivity contribution is -0.120. The van der Waals surface area contributed by atoms with Crippen LogP contribution >= 0.6 is 11.6 Å². The van der Waals surface area contributed by atoms with E-state index < -0.39 is 0 Å². The van der Waals surface area contributed by atoms with Crippen molar-refractivity contribution in [2.45, 2.75) is 13.0 Å². The van der Waals surface area contributed by atoms with Crippen molar-refractivity contribution < 1.29 is 4.79 Å². The van der Waals surface area contributed by atoms with Crippen molar-refractivity contribution in [1.29, 1.82) is 0 Å². The SMILES string of the molecule is O=C(Cc1ccccc1Cl)NCc1ncn[nH]1. The molecule has 5 nitrogen and oxygen atoms in total. The van der Waals surface area contributed by atoms with Crippen LogP contribution in [0.3, 0.4) is 0 Å². The summed E-state index contributed by atoms with van der Waals surface area (Å²) in [5.41, 5.74) is 0.809. The molecule has 6 heteroatoms. The van der Waals surface area contributed by atoms with Gasteiger partial charge in [0.05, 0.1) is 13.0 Å². The lowest BCUT2D eigenvalue weighted by Gasteiger charge is -2.04. The van der Waals surface area contributed by atoms with Crippen LogP contribution in [-0.2, 0) is 17.8 Å². The van der Waals surface area contributed by atoms with E-state index in [0.29, 0.717) is 17.4 Å². The largest absolute Gasteiger partial charge is 0.349 e. The third-order valence-electron chi connectivity index (χ3n) is 2.23. The molecule has 2 N–H and O–H groups in total. The summed E-state index contributed by atoms with van der Waals surface area (Å²) < 4.78 is 0. The van der Waals surface area contributed by atoms with Gasteiger partial charge in [0.2, 0.25) is 5.91 Å². The Bertz CT molecular complexity index is 498. The molecule has 1 heterocycles. The van der Waals surface area contributed by atoms with Crippen molar-refractivity contribution in [3.8, 4) is 0 Å². The molecular formula is C11H11ClN4O. The molecule has 0 saturated carbocycles. The van der Waals surface area contributed by atoms with E-state index in [9.17, 15) is 4.79 Å². The number of carbonyl (C=O) groups is 1. The number of hydrogen-bond donors (Lipinski definition) is 2. The summed E-state index contributed by atoms with van der Waals surface area (Å²) in [6.45, 7) is 0.337. The van der Waals surface area contributed by atoms with Crippen LogP contribution < -0.4 is 5.32 Å². The van der Waals surface area contributed by atoms with E-state index in [1.54, 1.807) is 6.07 Å². The number of halogens is 1. The first-order valence-corrected chi connectivity index (χ1v) is 5.48. The molecule has 0 radical (unpaired) electrons. The van der Waals surface area contributed by atoms with E-state index in [4.69, 9.17) is 11.6 Å². The number of benzene rings is 1. The lowest BCUT2D eigenvalue weighted by Crippen LogP contribution is -2.25. The monoisotopic (exact) mass is 250 g/mol. The van der Waals surface area contributed by atoms with E-state index in [1.807, 2.05) is 18.2 Å².